The van der Waals surface area contributed by atoms with E-state index in [1.165, 1.54) is 6.92 Å². The minimum absolute atomic E-state index is 0.0202. The number of rotatable bonds is 4. The summed E-state index contributed by atoms with van der Waals surface area (Å²) in [5, 5.41) is 32.4. The lowest BCUT2D eigenvalue weighted by Crippen LogP contribution is -2.57. The Morgan fingerprint density at radius 1 is 1.10 bits per heavy atom. The number of hydrogen-bond acceptors (Lipinski definition) is 10. The van der Waals surface area contributed by atoms with Crippen molar-refractivity contribution in [1.29, 1.82) is 0 Å². The molecule has 2 aliphatic rings. The van der Waals surface area contributed by atoms with E-state index in [0.29, 0.717) is 23.6 Å². The zero-order valence-electron chi connectivity index (χ0n) is 29.6. The van der Waals surface area contributed by atoms with E-state index in [9.17, 15) is 19.8 Å². The highest BCUT2D eigenvalue weighted by Gasteiger charge is 2.50. The van der Waals surface area contributed by atoms with Gasteiger partial charge in [0.1, 0.15) is 17.4 Å². The van der Waals surface area contributed by atoms with Crippen molar-refractivity contribution in [2.24, 2.45) is 39.7 Å². The van der Waals surface area contributed by atoms with Crippen LogP contribution in [0.2, 0.25) is 0 Å². The van der Waals surface area contributed by atoms with Crippen LogP contribution in [0.3, 0.4) is 0 Å². The number of carbonyl (C=O) groups excluding carboxylic acids is 2. The highest BCUT2D eigenvalue weighted by Crippen LogP contribution is 2.40. The number of aliphatic hydroxyl groups excluding tert-OH is 1. The lowest BCUT2D eigenvalue weighted by molar-refractivity contribution is -0.195. The molecule has 1 amide bonds. The first-order valence-electron chi connectivity index (χ1n) is 16.9. The van der Waals surface area contributed by atoms with E-state index in [1.807, 2.05) is 65.9 Å². The van der Waals surface area contributed by atoms with E-state index in [2.05, 4.69) is 15.2 Å². The van der Waals surface area contributed by atoms with Crippen molar-refractivity contribution < 1.29 is 38.9 Å². The fourth-order valence-electron chi connectivity index (χ4n) is 7.13. The fraction of sp³-hybridized carbons (Fsp3) is 0.639. The van der Waals surface area contributed by atoms with Crippen molar-refractivity contribution in [1.82, 2.24) is 9.78 Å². The van der Waals surface area contributed by atoms with Crippen LogP contribution < -0.4 is 4.84 Å². The number of aromatic nitrogens is 2. The molecule has 0 aliphatic carbocycles. The molecule has 0 radical (unpaired) electrons. The number of aliphatic imine (C=N–C) groups is 1. The standard InChI is InChI=1S/C36H52N4O8/c1-10-30-36(9,44)33-23(4)31(38-26(7)41)21(2)18-35(8,25(6)22(3)32(42)24(5)34(43)47-30)46-20-27(19-45-33)39-48-29-14-12-28(13-15-29)40-17-11-16-37-40/h11-17,21-25,30,32-33,42,44H,10,18-20H2,1-9H3/b38-31?,39-27+/t21-,22-,23?,24?,25-,30?,32+,33?,35-,36-/m1/s1. The molecule has 2 bridgehead atoms. The number of nitrogens with zero attached hydrogens (tertiary/aromatic N) is 4. The molecule has 2 aromatic rings. The van der Waals surface area contributed by atoms with Gasteiger partial charge in [0.05, 0.1) is 42.6 Å². The zero-order chi connectivity index (χ0) is 35.4. The molecule has 0 spiro atoms. The van der Waals surface area contributed by atoms with Crippen molar-refractivity contribution in [2.45, 2.75) is 105 Å². The molecule has 2 saturated heterocycles. The predicted octanol–water partition coefficient (Wildman–Crippen LogP) is 4.79. The van der Waals surface area contributed by atoms with Crippen LogP contribution in [0.1, 0.15) is 75.2 Å². The third-order valence-electron chi connectivity index (χ3n) is 10.3. The molecule has 2 N–H and O–H groups in total. The normalized spacial score (nSPS) is 37.3. The summed E-state index contributed by atoms with van der Waals surface area (Å²) >= 11 is 0. The van der Waals surface area contributed by atoms with Crippen LogP contribution in [0.25, 0.3) is 5.69 Å². The minimum atomic E-state index is -1.73. The van der Waals surface area contributed by atoms with Crippen LogP contribution in [0.4, 0.5) is 0 Å². The van der Waals surface area contributed by atoms with Gasteiger partial charge in [-0.3, -0.25) is 9.59 Å². The lowest BCUT2D eigenvalue weighted by atomic mass is 9.70. The summed E-state index contributed by atoms with van der Waals surface area (Å²) < 4.78 is 20.9. The smallest absolute Gasteiger partial charge is 0.311 e. The molecule has 12 heteroatoms. The van der Waals surface area contributed by atoms with Crippen molar-refractivity contribution >= 4 is 23.3 Å². The largest absolute Gasteiger partial charge is 0.459 e. The van der Waals surface area contributed by atoms with E-state index < -0.39 is 53.2 Å². The van der Waals surface area contributed by atoms with Gasteiger partial charge in [-0.05, 0) is 81.7 Å². The zero-order valence-corrected chi connectivity index (χ0v) is 29.6. The number of ether oxygens (including phenoxy) is 3. The van der Waals surface area contributed by atoms with Crippen LogP contribution in [-0.4, -0.2) is 86.0 Å². The van der Waals surface area contributed by atoms with Crippen LogP contribution in [-0.2, 0) is 23.8 Å². The summed E-state index contributed by atoms with van der Waals surface area (Å²) in [6.45, 7) is 16.0. The molecule has 1 aromatic carbocycles. The van der Waals surface area contributed by atoms with Crippen molar-refractivity contribution in [2.75, 3.05) is 13.2 Å². The topological polar surface area (TPSA) is 154 Å². The Kier molecular flexibility index (Phi) is 12.0. The highest BCUT2D eigenvalue weighted by molar-refractivity contribution is 5.98. The molecular formula is C36H52N4O8. The number of hydrogen-bond donors (Lipinski definition) is 2. The van der Waals surface area contributed by atoms with Crippen LogP contribution in [0, 0.1) is 29.6 Å². The third kappa shape index (κ3) is 8.22. The maximum Gasteiger partial charge on any atom is 0.311 e. The first kappa shape index (κ1) is 37.4. The molecular weight excluding hydrogens is 616 g/mol. The quantitative estimate of drug-likeness (QED) is 0.346. The Bertz CT molecular complexity index is 1460. The van der Waals surface area contributed by atoms with E-state index in [1.54, 1.807) is 36.9 Å². The number of cyclic esters (lactones) is 1. The average molecular weight is 669 g/mol. The monoisotopic (exact) mass is 668 g/mol. The molecule has 10 atom stereocenters. The number of benzene rings is 1. The van der Waals surface area contributed by atoms with Gasteiger partial charge in [0.15, 0.2) is 5.75 Å². The van der Waals surface area contributed by atoms with E-state index in [4.69, 9.17) is 19.0 Å². The maximum atomic E-state index is 13.4. The molecule has 0 saturated carbocycles. The summed E-state index contributed by atoms with van der Waals surface area (Å²) in [5.74, 6) is -2.91. The molecule has 4 unspecified atom stereocenters. The van der Waals surface area contributed by atoms with Gasteiger partial charge in [-0.25, -0.2) is 9.67 Å². The molecule has 264 valence electrons. The Morgan fingerprint density at radius 3 is 2.40 bits per heavy atom. The van der Waals surface area contributed by atoms with Gasteiger partial charge in [-0.15, -0.1) is 0 Å². The van der Waals surface area contributed by atoms with Gasteiger partial charge in [0.25, 0.3) is 0 Å². The van der Waals surface area contributed by atoms with Crippen LogP contribution in [0.5, 0.6) is 5.75 Å². The van der Waals surface area contributed by atoms with Crippen LogP contribution >= 0.6 is 0 Å². The molecule has 48 heavy (non-hydrogen) atoms. The number of carbonyl (C=O) groups is 2. The number of amides is 1. The molecule has 2 fully saturated rings. The summed E-state index contributed by atoms with van der Waals surface area (Å²) in [6, 6.07) is 9.12. The van der Waals surface area contributed by atoms with Crippen molar-refractivity contribution in [3.05, 3.63) is 42.7 Å². The van der Waals surface area contributed by atoms with Crippen LogP contribution in [0.15, 0.2) is 52.9 Å². The summed E-state index contributed by atoms with van der Waals surface area (Å²) in [7, 11) is 0. The van der Waals surface area contributed by atoms with Crippen molar-refractivity contribution in [3.63, 3.8) is 0 Å². The first-order chi connectivity index (χ1) is 22.6. The van der Waals surface area contributed by atoms with E-state index in [-0.39, 0.29) is 37.4 Å². The Morgan fingerprint density at radius 2 is 1.79 bits per heavy atom. The second-order valence-electron chi connectivity index (χ2n) is 14.0. The maximum absolute atomic E-state index is 13.4. The number of oxime groups is 1. The summed E-state index contributed by atoms with van der Waals surface area (Å²) in [4.78, 5) is 36.3. The predicted molar refractivity (Wildman–Crippen MR) is 181 cm³/mol. The van der Waals surface area contributed by atoms with E-state index >= 15 is 0 Å². The second kappa shape index (κ2) is 15.4. The van der Waals surface area contributed by atoms with E-state index in [0.717, 1.165) is 5.69 Å². The third-order valence-corrected chi connectivity index (χ3v) is 10.3. The SMILES string of the molecule is CCC1OC(=O)C(C)[C@@H](O)[C@H](C)[C@@H](C)[C@@]2(C)C[C@@H](C)C(=NC(C)=O)C(C)C(OC/C(=N\Oc3ccc(-n4cccn4)cc3)CO2)[C@]1(C)O. The Hall–Kier alpha value is -3.45. The molecule has 4 rings (SSSR count). The number of aliphatic hydroxyl groups is 2. The highest BCUT2D eigenvalue weighted by atomic mass is 16.6. The number of esters is 1. The Balaban J connectivity index is 1.83. The van der Waals surface area contributed by atoms with Crippen molar-refractivity contribution in [3.8, 4) is 11.4 Å². The Labute approximate surface area is 283 Å². The minimum Gasteiger partial charge on any atom is -0.459 e. The summed E-state index contributed by atoms with van der Waals surface area (Å²) in [6.07, 6.45) is 1.21. The van der Waals surface area contributed by atoms with Gasteiger partial charge < -0.3 is 29.3 Å². The van der Waals surface area contributed by atoms with Gasteiger partial charge in [-0.2, -0.15) is 5.10 Å². The first-order valence-corrected chi connectivity index (χ1v) is 16.9. The molecule has 3 heterocycles. The van der Waals surface area contributed by atoms with Gasteiger partial charge in [0, 0.05) is 30.9 Å². The molecule has 12 nitrogen and oxygen atoms in total. The second-order valence-corrected chi connectivity index (χ2v) is 14.0. The van der Waals surface area contributed by atoms with Gasteiger partial charge in [-0.1, -0.05) is 39.8 Å². The molecule has 2 aliphatic heterocycles. The number of fused-ring (bicyclic) bond motifs is 5. The lowest BCUT2D eigenvalue weighted by Gasteiger charge is -2.45. The molecule has 1 aromatic heterocycles. The summed E-state index contributed by atoms with van der Waals surface area (Å²) in [5.41, 5.74) is -0.800. The van der Waals surface area contributed by atoms with Gasteiger partial charge >= 0.3 is 5.97 Å². The fourth-order valence-corrected chi connectivity index (χ4v) is 7.13. The average Bonchev–Trinajstić information content (AvgIpc) is 3.59. The van der Waals surface area contributed by atoms with Gasteiger partial charge in [0.2, 0.25) is 5.91 Å².